The molecule has 0 N–H and O–H groups in total. The van der Waals surface area contributed by atoms with Gasteiger partial charge < -0.3 is 9.47 Å². The zero-order chi connectivity index (χ0) is 19.5. The van der Waals surface area contributed by atoms with Gasteiger partial charge in [-0.3, -0.25) is 9.59 Å². The third-order valence-electron chi connectivity index (χ3n) is 4.23. The van der Waals surface area contributed by atoms with Crippen molar-refractivity contribution in [2.45, 2.75) is 6.61 Å². The molecule has 1 aliphatic rings. The lowest BCUT2D eigenvalue weighted by Gasteiger charge is -2.11. The summed E-state index contributed by atoms with van der Waals surface area (Å²) < 4.78 is 11.2. The van der Waals surface area contributed by atoms with E-state index in [1.165, 1.54) is 6.21 Å². The van der Waals surface area contributed by atoms with Crippen LogP contribution in [0.2, 0.25) is 0 Å². The standard InChI is InChI=1S/C21H16N2O4S/c1-26-19-11-14(8-9-18(19)27-13-15-5-4-10-28-15)12-22-23-20(24)16-6-2-3-7-17(16)21(23)25/h2-12H,13H2,1H3/b22-12-. The smallest absolute Gasteiger partial charge is 0.282 e. The largest absolute Gasteiger partial charge is 0.493 e. The van der Waals surface area contributed by atoms with Crippen molar-refractivity contribution in [3.8, 4) is 11.5 Å². The minimum atomic E-state index is -0.431. The lowest BCUT2D eigenvalue weighted by Crippen LogP contribution is -2.23. The minimum absolute atomic E-state index is 0.361. The van der Waals surface area contributed by atoms with E-state index in [1.54, 1.807) is 60.9 Å². The zero-order valence-corrected chi connectivity index (χ0v) is 15.8. The van der Waals surface area contributed by atoms with Crippen LogP contribution in [0, 0.1) is 0 Å². The molecule has 0 aliphatic carbocycles. The number of benzene rings is 2. The van der Waals surface area contributed by atoms with E-state index in [0.29, 0.717) is 34.8 Å². The molecule has 28 heavy (non-hydrogen) atoms. The van der Waals surface area contributed by atoms with Crippen molar-refractivity contribution >= 4 is 29.4 Å². The number of nitrogens with zero attached hydrogens (tertiary/aromatic N) is 2. The number of hydrogen-bond donors (Lipinski definition) is 0. The molecule has 0 radical (unpaired) electrons. The maximum atomic E-state index is 12.4. The molecule has 2 amide bonds. The Labute approximate surface area is 165 Å². The Morgan fingerprint density at radius 2 is 1.75 bits per heavy atom. The van der Waals surface area contributed by atoms with E-state index in [0.717, 1.165) is 9.89 Å². The van der Waals surface area contributed by atoms with Gasteiger partial charge in [0.25, 0.3) is 11.8 Å². The molecule has 1 aliphatic heterocycles. The maximum Gasteiger partial charge on any atom is 0.282 e. The summed E-state index contributed by atoms with van der Waals surface area (Å²) in [6, 6.07) is 15.9. The molecule has 2 aromatic carbocycles. The van der Waals surface area contributed by atoms with Crippen LogP contribution in [0.5, 0.6) is 11.5 Å². The summed E-state index contributed by atoms with van der Waals surface area (Å²) in [7, 11) is 1.55. The summed E-state index contributed by atoms with van der Waals surface area (Å²) >= 11 is 1.62. The quantitative estimate of drug-likeness (QED) is 0.470. The van der Waals surface area contributed by atoms with E-state index in [4.69, 9.17) is 9.47 Å². The molecule has 0 fully saturated rings. The van der Waals surface area contributed by atoms with Gasteiger partial charge in [0, 0.05) is 4.88 Å². The van der Waals surface area contributed by atoms with Crippen molar-refractivity contribution in [2.24, 2.45) is 5.10 Å². The van der Waals surface area contributed by atoms with Gasteiger partial charge in [0.15, 0.2) is 11.5 Å². The fourth-order valence-electron chi connectivity index (χ4n) is 2.83. The van der Waals surface area contributed by atoms with Crippen molar-refractivity contribution in [3.05, 3.63) is 81.5 Å². The van der Waals surface area contributed by atoms with Gasteiger partial charge in [-0.15, -0.1) is 11.3 Å². The van der Waals surface area contributed by atoms with Gasteiger partial charge in [0.05, 0.1) is 24.5 Å². The number of methoxy groups -OCH3 is 1. The molecule has 1 aromatic heterocycles. The summed E-state index contributed by atoms with van der Waals surface area (Å²) in [5.74, 6) is 0.288. The minimum Gasteiger partial charge on any atom is -0.493 e. The number of amides is 2. The topological polar surface area (TPSA) is 68.2 Å². The van der Waals surface area contributed by atoms with Crippen molar-refractivity contribution in [2.75, 3.05) is 7.11 Å². The SMILES string of the molecule is COc1cc(/C=N\N2C(=O)c3ccccc3C2=O)ccc1OCc1cccs1. The number of ether oxygens (including phenoxy) is 2. The second-order valence-corrected chi connectivity index (χ2v) is 7.02. The fourth-order valence-corrected chi connectivity index (χ4v) is 3.45. The first kappa shape index (κ1) is 17.9. The maximum absolute atomic E-state index is 12.4. The average molecular weight is 392 g/mol. The van der Waals surface area contributed by atoms with E-state index in [9.17, 15) is 9.59 Å². The zero-order valence-electron chi connectivity index (χ0n) is 15.0. The second kappa shape index (κ2) is 7.66. The second-order valence-electron chi connectivity index (χ2n) is 5.99. The predicted octanol–water partition coefficient (Wildman–Crippen LogP) is 3.97. The molecule has 0 saturated heterocycles. The van der Waals surface area contributed by atoms with Crippen LogP contribution in [0.25, 0.3) is 0 Å². The van der Waals surface area contributed by atoms with Crippen LogP contribution in [-0.4, -0.2) is 30.1 Å². The predicted molar refractivity (Wildman–Crippen MR) is 106 cm³/mol. The first-order chi connectivity index (χ1) is 13.7. The summed E-state index contributed by atoms with van der Waals surface area (Å²) in [5, 5.41) is 6.94. The molecule has 4 rings (SSSR count). The van der Waals surface area contributed by atoms with Crippen molar-refractivity contribution in [3.63, 3.8) is 0 Å². The van der Waals surface area contributed by atoms with Crippen molar-refractivity contribution in [1.29, 1.82) is 0 Å². The molecule has 0 unspecified atom stereocenters. The molecular weight excluding hydrogens is 376 g/mol. The first-order valence-electron chi connectivity index (χ1n) is 8.52. The molecule has 2 heterocycles. The fraction of sp³-hybridized carbons (Fsp3) is 0.0952. The Kier molecular flexibility index (Phi) is 4.90. The number of hydrogen-bond acceptors (Lipinski definition) is 6. The lowest BCUT2D eigenvalue weighted by molar-refractivity contribution is 0.0660. The number of carbonyl (C=O) groups excluding carboxylic acids is 2. The number of hydrazone groups is 1. The third-order valence-corrected chi connectivity index (χ3v) is 5.08. The summed E-state index contributed by atoms with van der Waals surface area (Å²) in [5.41, 5.74) is 1.40. The molecule has 7 heteroatoms. The van der Waals surface area contributed by atoms with Crippen LogP contribution < -0.4 is 9.47 Å². The molecule has 0 spiro atoms. The van der Waals surface area contributed by atoms with Gasteiger partial charge in [0.1, 0.15) is 6.61 Å². The van der Waals surface area contributed by atoms with Crippen LogP contribution >= 0.6 is 11.3 Å². The highest BCUT2D eigenvalue weighted by Gasteiger charge is 2.35. The lowest BCUT2D eigenvalue weighted by atomic mass is 10.1. The van der Waals surface area contributed by atoms with Crippen molar-refractivity contribution < 1.29 is 19.1 Å². The Morgan fingerprint density at radius 3 is 2.39 bits per heavy atom. The average Bonchev–Trinajstić information content (AvgIpc) is 3.33. The van der Waals surface area contributed by atoms with E-state index in [1.807, 2.05) is 17.5 Å². The number of fused-ring (bicyclic) bond motifs is 1. The van der Waals surface area contributed by atoms with Gasteiger partial charge in [-0.2, -0.15) is 10.1 Å². The molecule has 140 valence electrons. The number of rotatable bonds is 6. The van der Waals surface area contributed by atoms with E-state index in [-0.39, 0.29) is 0 Å². The van der Waals surface area contributed by atoms with Crippen LogP contribution in [0.15, 0.2) is 65.1 Å². The third kappa shape index (κ3) is 3.39. The van der Waals surface area contributed by atoms with Crippen LogP contribution in [0.4, 0.5) is 0 Å². The monoisotopic (exact) mass is 392 g/mol. The van der Waals surface area contributed by atoms with Gasteiger partial charge in [-0.1, -0.05) is 18.2 Å². The molecule has 0 saturated carbocycles. The van der Waals surface area contributed by atoms with Crippen molar-refractivity contribution in [1.82, 2.24) is 5.01 Å². The highest BCUT2D eigenvalue weighted by Crippen LogP contribution is 2.29. The Bertz CT molecular complexity index is 1030. The first-order valence-corrected chi connectivity index (χ1v) is 9.40. The molecule has 0 bridgehead atoms. The number of carbonyl (C=O) groups is 2. The van der Waals surface area contributed by atoms with Crippen LogP contribution in [0.3, 0.4) is 0 Å². The van der Waals surface area contributed by atoms with E-state index >= 15 is 0 Å². The normalized spacial score (nSPS) is 13.2. The van der Waals surface area contributed by atoms with Gasteiger partial charge in [-0.25, -0.2) is 0 Å². The van der Waals surface area contributed by atoms with Crippen LogP contribution in [0.1, 0.15) is 31.2 Å². The van der Waals surface area contributed by atoms with Gasteiger partial charge in [-0.05, 0) is 47.3 Å². The Morgan fingerprint density at radius 1 is 1.00 bits per heavy atom. The number of thiophene rings is 1. The van der Waals surface area contributed by atoms with E-state index < -0.39 is 11.8 Å². The molecule has 6 nitrogen and oxygen atoms in total. The summed E-state index contributed by atoms with van der Waals surface area (Å²) in [6.07, 6.45) is 1.45. The number of imide groups is 1. The Hall–Kier alpha value is -3.45. The summed E-state index contributed by atoms with van der Waals surface area (Å²) in [6.45, 7) is 0.455. The molecule has 3 aromatic rings. The van der Waals surface area contributed by atoms with Crippen LogP contribution in [-0.2, 0) is 6.61 Å². The highest BCUT2D eigenvalue weighted by molar-refractivity contribution is 7.09. The molecular formula is C21H16N2O4S. The molecule has 0 atom stereocenters. The van der Waals surface area contributed by atoms with E-state index in [2.05, 4.69) is 5.10 Å². The van der Waals surface area contributed by atoms with Gasteiger partial charge in [0.2, 0.25) is 0 Å². The Balaban J connectivity index is 1.51. The summed E-state index contributed by atoms with van der Waals surface area (Å²) in [4.78, 5) is 25.8. The van der Waals surface area contributed by atoms with Gasteiger partial charge >= 0.3 is 0 Å². The highest BCUT2D eigenvalue weighted by atomic mass is 32.1.